The van der Waals surface area contributed by atoms with E-state index in [1.807, 2.05) is 6.07 Å². The molecule has 0 aliphatic rings. The molecule has 0 amide bonds. The van der Waals surface area contributed by atoms with Gasteiger partial charge in [0.1, 0.15) is 5.75 Å². The molecule has 1 N–H and O–H groups in total. The highest BCUT2D eigenvalue weighted by Crippen LogP contribution is 2.31. The van der Waals surface area contributed by atoms with Gasteiger partial charge in [-0.15, -0.1) is 0 Å². The first kappa shape index (κ1) is 13.4. The van der Waals surface area contributed by atoms with E-state index in [4.69, 9.17) is 11.6 Å². The van der Waals surface area contributed by atoms with Crippen molar-refractivity contribution in [1.82, 2.24) is 0 Å². The summed E-state index contributed by atoms with van der Waals surface area (Å²) >= 11 is 5.93. The lowest BCUT2D eigenvalue weighted by atomic mass is 9.94. The molecule has 90 valence electrons. The van der Waals surface area contributed by atoms with E-state index in [-0.39, 0.29) is 0 Å². The van der Waals surface area contributed by atoms with Crippen molar-refractivity contribution in [3.05, 3.63) is 28.8 Å². The van der Waals surface area contributed by atoms with Crippen molar-refractivity contribution in [2.75, 3.05) is 0 Å². The van der Waals surface area contributed by atoms with Gasteiger partial charge in [-0.1, -0.05) is 51.1 Å². The fourth-order valence-corrected chi connectivity index (χ4v) is 2.13. The van der Waals surface area contributed by atoms with Gasteiger partial charge in [0.05, 0.1) is 0 Å². The first-order chi connectivity index (χ1) is 7.65. The van der Waals surface area contributed by atoms with Gasteiger partial charge in [-0.2, -0.15) is 0 Å². The molecular weight excluding hydrogens is 220 g/mol. The minimum atomic E-state index is 0.368. The van der Waals surface area contributed by atoms with Crippen LogP contribution in [0.4, 0.5) is 0 Å². The van der Waals surface area contributed by atoms with Crippen molar-refractivity contribution in [3.8, 4) is 5.75 Å². The Kier molecular flexibility index (Phi) is 5.68. The number of aromatic hydroxyl groups is 1. The Labute approximate surface area is 103 Å². The first-order valence-electron chi connectivity index (χ1n) is 6.13. The van der Waals surface area contributed by atoms with Crippen molar-refractivity contribution in [1.29, 1.82) is 0 Å². The van der Waals surface area contributed by atoms with Crippen LogP contribution in [0.25, 0.3) is 0 Å². The lowest BCUT2D eigenvalue weighted by molar-refractivity contribution is 0.458. The second-order valence-corrected chi connectivity index (χ2v) is 4.89. The third-order valence-corrected chi connectivity index (χ3v) is 3.25. The molecule has 0 saturated carbocycles. The van der Waals surface area contributed by atoms with Crippen LogP contribution in [0, 0.1) is 0 Å². The van der Waals surface area contributed by atoms with Gasteiger partial charge >= 0.3 is 0 Å². The number of hydrogen-bond donors (Lipinski definition) is 1. The molecule has 1 nitrogen and oxygen atoms in total. The summed E-state index contributed by atoms with van der Waals surface area (Å²) in [6, 6.07) is 5.28. The molecule has 0 saturated heterocycles. The van der Waals surface area contributed by atoms with E-state index in [0.717, 1.165) is 12.0 Å². The molecule has 0 aromatic heterocycles. The molecule has 0 fully saturated rings. The predicted octanol–water partition coefficient (Wildman–Crippen LogP) is 5.12. The number of benzene rings is 1. The van der Waals surface area contributed by atoms with Crippen molar-refractivity contribution in [2.45, 2.75) is 51.9 Å². The first-order valence-corrected chi connectivity index (χ1v) is 6.51. The maximum absolute atomic E-state index is 9.75. The van der Waals surface area contributed by atoms with Crippen molar-refractivity contribution in [2.24, 2.45) is 0 Å². The number of phenols is 1. The Morgan fingerprint density at radius 1 is 1.25 bits per heavy atom. The molecule has 0 bridgehead atoms. The van der Waals surface area contributed by atoms with E-state index in [1.54, 1.807) is 12.1 Å². The number of halogens is 1. The zero-order valence-corrected chi connectivity index (χ0v) is 10.9. The summed E-state index contributed by atoms with van der Waals surface area (Å²) < 4.78 is 0. The molecule has 2 heteroatoms. The molecule has 0 aliphatic carbocycles. The van der Waals surface area contributed by atoms with E-state index in [9.17, 15) is 5.11 Å². The minimum Gasteiger partial charge on any atom is -0.508 e. The van der Waals surface area contributed by atoms with Gasteiger partial charge in [0, 0.05) is 5.02 Å². The highest BCUT2D eigenvalue weighted by atomic mass is 35.5. The molecule has 1 unspecified atom stereocenters. The largest absolute Gasteiger partial charge is 0.508 e. The molecule has 1 aromatic rings. The van der Waals surface area contributed by atoms with Crippen molar-refractivity contribution >= 4 is 11.6 Å². The second-order valence-electron chi connectivity index (χ2n) is 4.45. The molecule has 0 heterocycles. The zero-order chi connectivity index (χ0) is 12.0. The summed E-state index contributed by atoms with van der Waals surface area (Å²) in [6.45, 7) is 4.36. The van der Waals surface area contributed by atoms with Gasteiger partial charge in [-0.3, -0.25) is 0 Å². The molecular formula is C14H21ClO. The Balaban J connectivity index is 2.51. The van der Waals surface area contributed by atoms with E-state index in [2.05, 4.69) is 13.8 Å². The lowest BCUT2D eigenvalue weighted by Crippen LogP contribution is -1.94. The van der Waals surface area contributed by atoms with Gasteiger partial charge in [-0.05, 0) is 36.1 Å². The molecule has 0 radical (unpaired) electrons. The summed E-state index contributed by atoms with van der Waals surface area (Å²) in [5.74, 6) is 0.753. The zero-order valence-electron chi connectivity index (χ0n) is 10.2. The van der Waals surface area contributed by atoms with E-state index < -0.39 is 0 Å². The molecule has 1 rings (SSSR count). The van der Waals surface area contributed by atoms with Crippen molar-refractivity contribution in [3.63, 3.8) is 0 Å². The highest BCUT2D eigenvalue weighted by Gasteiger charge is 2.10. The number of hydrogen-bond acceptors (Lipinski definition) is 1. The highest BCUT2D eigenvalue weighted by molar-refractivity contribution is 6.30. The summed E-state index contributed by atoms with van der Waals surface area (Å²) in [4.78, 5) is 0. The molecule has 0 spiro atoms. The molecule has 1 atom stereocenters. The third-order valence-electron chi connectivity index (χ3n) is 3.01. The summed E-state index contributed by atoms with van der Waals surface area (Å²) in [7, 11) is 0. The van der Waals surface area contributed by atoms with Crippen LogP contribution in [-0.4, -0.2) is 5.11 Å². The predicted molar refractivity (Wildman–Crippen MR) is 70.3 cm³/mol. The quantitative estimate of drug-likeness (QED) is 0.685. The van der Waals surface area contributed by atoms with E-state index in [1.165, 1.54) is 25.7 Å². The fraction of sp³-hybridized carbons (Fsp3) is 0.571. The number of rotatable bonds is 6. The van der Waals surface area contributed by atoms with Gasteiger partial charge in [-0.25, -0.2) is 0 Å². The van der Waals surface area contributed by atoms with Crippen LogP contribution < -0.4 is 0 Å². The van der Waals surface area contributed by atoms with Gasteiger partial charge in [0.2, 0.25) is 0 Å². The van der Waals surface area contributed by atoms with Gasteiger partial charge in [0.25, 0.3) is 0 Å². The van der Waals surface area contributed by atoms with E-state index in [0.29, 0.717) is 16.7 Å². The molecule has 16 heavy (non-hydrogen) atoms. The fourth-order valence-electron chi connectivity index (χ4n) is 1.95. The van der Waals surface area contributed by atoms with Crippen LogP contribution in [0.1, 0.15) is 57.4 Å². The van der Waals surface area contributed by atoms with Crippen LogP contribution in [0.2, 0.25) is 5.02 Å². The molecule has 0 aliphatic heterocycles. The lowest BCUT2D eigenvalue weighted by Gasteiger charge is -2.13. The third kappa shape index (κ3) is 4.05. The van der Waals surface area contributed by atoms with Crippen LogP contribution >= 0.6 is 11.6 Å². The van der Waals surface area contributed by atoms with Crippen LogP contribution in [0.3, 0.4) is 0 Å². The Bertz CT molecular complexity index is 323. The Hall–Kier alpha value is -0.690. The SMILES string of the molecule is CCCCCCC(C)c1cc(Cl)ccc1O. The average molecular weight is 241 g/mol. The monoisotopic (exact) mass is 240 g/mol. The summed E-state index contributed by atoms with van der Waals surface area (Å²) in [6.07, 6.45) is 6.18. The van der Waals surface area contributed by atoms with Crippen LogP contribution in [-0.2, 0) is 0 Å². The van der Waals surface area contributed by atoms with Crippen molar-refractivity contribution < 1.29 is 5.11 Å². The normalized spacial score (nSPS) is 12.7. The van der Waals surface area contributed by atoms with Gasteiger partial charge in [0.15, 0.2) is 0 Å². The second kappa shape index (κ2) is 6.80. The Morgan fingerprint density at radius 3 is 2.69 bits per heavy atom. The summed E-state index contributed by atoms with van der Waals surface area (Å²) in [5.41, 5.74) is 0.976. The van der Waals surface area contributed by atoms with Gasteiger partial charge < -0.3 is 5.11 Å². The minimum absolute atomic E-state index is 0.368. The molecule has 1 aromatic carbocycles. The van der Waals surface area contributed by atoms with Crippen LogP contribution in [0.5, 0.6) is 5.75 Å². The average Bonchev–Trinajstić information content (AvgIpc) is 2.27. The maximum Gasteiger partial charge on any atom is 0.119 e. The maximum atomic E-state index is 9.75. The Morgan fingerprint density at radius 2 is 2.00 bits per heavy atom. The standard InChI is InChI=1S/C14H21ClO/c1-3-4-5-6-7-11(2)13-10-12(15)8-9-14(13)16/h8-11,16H,3-7H2,1-2H3. The van der Waals surface area contributed by atoms with Crippen LogP contribution in [0.15, 0.2) is 18.2 Å². The van der Waals surface area contributed by atoms with E-state index >= 15 is 0 Å². The smallest absolute Gasteiger partial charge is 0.119 e. The number of unbranched alkanes of at least 4 members (excludes halogenated alkanes) is 3. The topological polar surface area (TPSA) is 20.2 Å². The number of phenolic OH excluding ortho intramolecular Hbond substituents is 1. The summed E-state index contributed by atoms with van der Waals surface area (Å²) in [5, 5.41) is 10.5.